The summed E-state index contributed by atoms with van der Waals surface area (Å²) in [6.07, 6.45) is 0. The van der Waals surface area contributed by atoms with Gasteiger partial charge in [-0.05, 0) is 33.0 Å². The van der Waals surface area contributed by atoms with Crippen LogP contribution in [0.5, 0.6) is 0 Å². The number of aromatic nitrogens is 2. The quantitative estimate of drug-likeness (QED) is 0.946. The topological polar surface area (TPSA) is 37.8 Å². The fraction of sp³-hybridized carbons (Fsp3) is 0.286. The molecule has 3 nitrogen and oxygen atoms in total. The van der Waals surface area contributed by atoms with Crippen molar-refractivity contribution in [2.75, 3.05) is 7.05 Å². The molecule has 0 spiro atoms. The van der Waals surface area contributed by atoms with E-state index in [9.17, 15) is 0 Å². The standard InChI is InChI=1S/C14H16BrN3/c1-9-13(8-16-3)10(2)18-14(17-9)11-5-4-6-12(15)7-11/h4-7,16H,8H2,1-3H3. The van der Waals surface area contributed by atoms with Gasteiger partial charge in [0.1, 0.15) is 0 Å². The predicted octanol–water partition coefficient (Wildman–Crippen LogP) is 3.24. The summed E-state index contributed by atoms with van der Waals surface area (Å²) in [5.74, 6) is 0.783. The molecule has 0 fully saturated rings. The van der Waals surface area contributed by atoms with Crippen molar-refractivity contribution in [1.82, 2.24) is 15.3 Å². The minimum absolute atomic E-state index is 0.783. The highest BCUT2D eigenvalue weighted by Gasteiger charge is 2.09. The molecule has 1 heterocycles. The second kappa shape index (κ2) is 5.59. The number of nitrogens with one attached hydrogen (secondary N) is 1. The Morgan fingerprint density at radius 3 is 2.39 bits per heavy atom. The van der Waals surface area contributed by atoms with Gasteiger partial charge in [-0.1, -0.05) is 28.1 Å². The summed E-state index contributed by atoms with van der Waals surface area (Å²) in [6, 6.07) is 8.05. The zero-order chi connectivity index (χ0) is 13.1. The van der Waals surface area contributed by atoms with Crippen LogP contribution < -0.4 is 5.32 Å². The lowest BCUT2D eigenvalue weighted by Gasteiger charge is -2.10. The fourth-order valence-electron chi connectivity index (χ4n) is 1.93. The first-order valence-corrected chi connectivity index (χ1v) is 6.65. The molecule has 2 aromatic rings. The van der Waals surface area contributed by atoms with Crippen molar-refractivity contribution in [2.24, 2.45) is 0 Å². The first-order chi connectivity index (χ1) is 8.61. The number of hydrogen-bond donors (Lipinski definition) is 1. The summed E-state index contributed by atoms with van der Waals surface area (Å²) in [5, 5.41) is 3.15. The lowest BCUT2D eigenvalue weighted by molar-refractivity contribution is 0.787. The summed E-state index contributed by atoms with van der Waals surface area (Å²) < 4.78 is 1.04. The van der Waals surface area contributed by atoms with Crippen LogP contribution in [-0.4, -0.2) is 17.0 Å². The molecule has 0 amide bonds. The molecule has 94 valence electrons. The molecule has 0 aliphatic rings. The third kappa shape index (κ3) is 2.76. The first kappa shape index (κ1) is 13.2. The number of halogens is 1. The normalized spacial score (nSPS) is 10.7. The third-order valence-corrected chi connectivity index (χ3v) is 3.35. The maximum atomic E-state index is 4.59. The number of benzene rings is 1. The molecule has 0 aliphatic heterocycles. The van der Waals surface area contributed by atoms with Crippen molar-refractivity contribution in [3.63, 3.8) is 0 Å². The number of aryl methyl sites for hydroxylation is 2. The second-order valence-electron chi connectivity index (χ2n) is 4.24. The van der Waals surface area contributed by atoms with Gasteiger partial charge in [-0.2, -0.15) is 0 Å². The highest BCUT2D eigenvalue weighted by atomic mass is 79.9. The zero-order valence-electron chi connectivity index (χ0n) is 10.8. The van der Waals surface area contributed by atoms with Crippen LogP contribution in [-0.2, 0) is 6.54 Å². The van der Waals surface area contributed by atoms with E-state index >= 15 is 0 Å². The lowest BCUT2D eigenvalue weighted by Crippen LogP contribution is -2.11. The molecular formula is C14H16BrN3. The number of nitrogens with zero attached hydrogens (tertiary/aromatic N) is 2. The van der Waals surface area contributed by atoms with Gasteiger partial charge in [0.2, 0.25) is 0 Å². The van der Waals surface area contributed by atoms with E-state index in [1.54, 1.807) is 0 Å². The van der Waals surface area contributed by atoms with Crippen LogP contribution in [0.25, 0.3) is 11.4 Å². The minimum atomic E-state index is 0.783. The average molecular weight is 306 g/mol. The average Bonchev–Trinajstić information content (AvgIpc) is 2.33. The molecule has 0 atom stereocenters. The molecule has 0 saturated heterocycles. The molecule has 4 heteroatoms. The monoisotopic (exact) mass is 305 g/mol. The molecule has 0 radical (unpaired) electrons. The summed E-state index contributed by atoms with van der Waals surface area (Å²) in [4.78, 5) is 9.18. The Morgan fingerprint density at radius 1 is 1.17 bits per heavy atom. The first-order valence-electron chi connectivity index (χ1n) is 5.86. The van der Waals surface area contributed by atoms with E-state index in [1.165, 1.54) is 5.56 Å². The molecule has 1 N–H and O–H groups in total. The highest BCUT2D eigenvalue weighted by Crippen LogP contribution is 2.22. The van der Waals surface area contributed by atoms with Crippen molar-refractivity contribution in [2.45, 2.75) is 20.4 Å². The maximum Gasteiger partial charge on any atom is 0.159 e. The Labute approximate surface area is 116 Å². The molecular weight excluding hydrogens is 290 g/mol. The van der Waals surface area contributed by atoms with E-state index in [4.69, 9.17) is 0 Å². The van der Waals surface area contributed by atoms with Crippen LogP contribution in [0.15, 0.2) is 28.7 Å². The van der Waals surface area contributed by atoms with Crippen molar-refractivity contribution in [3.05, 3.63) is 45.7 Å². The predicted molar refractivity (Wildman–Crippen MR) is 77.4 cm³/mol. The SMILES string of the molecule is CNCc1c(C)nc(-c2cccc(Br)c2)nc1C. The van der Waals surface area contributed by atoms with E-state index in [-0.39, 0.29) is 0 Å². The van der Waals surface area contributed by atoms with Crippen LogP contribution in [0, 0.1) is 13.8 Å². The van der Waals surface area contributed by atoms with E-state index in [0.29, 0.717) is 0 Å². The van der Waals surface area contributed by atoms with Crippen molar-refractivity contribution in [3.8, 4) is 11.4 Å². The van der Waals surface area contributed by atoms with Crippen LogP contribution in [0.3, 0.4) is 0 Å². The number of rotatable bonds is 3. The van der Waals surface area contributed by atoms with Gasteiger partial charge in [0.05, 0.1) is 0 Å². The molecule has 1 aromatic heterocycles. The van der Waals surface area contributed by atoms with Crippen molar-refractivity contribution < 1.29 is 0 Å². The lowest BCUT2D eigenvalue weighted by atomic mass is 10.1. The van der Waals surface area contributed by atoms with E-state index in [1.807, 2.05) is 45.2 Å². The smallest absolute Gasteiger partial charge is 0.159 e. The molecule has 0 saturated carbocycles. The Balaban J connectivity index is 2.48. The van der Waals surface area contributed by atoms with Crippen LogP contribution in [0.1, 0.15) is 17.0 Å². The highest BCUT2D eigenvalue weighted by molar-refractivity contribution is 9.10. The van der Waals surface area contributed by atoms with Crippen molar-refractivity contribution >= 4 is 15.9 Å². The number of hydrogen-bond acceptors (Lipinski definition) is 3. The fourth-order valence-corrected chi connectivity index (χ4v) is 2.33. The van der Waals surface area contributed by atoms with Gasteiger partial charge in [0.15, 0.2) is 5.82 Å². The zero-order valence-corrected chi connectivity index (χ0v) is 12.4. The molecule has 2 rings (SSSR count). The Bertz CT molecular complexity index is 544. The van der Waals surface area contributed by atoms with Crippen LogP contribution in [0.2, 0.25) is 0 Å². The Morgan fingerprint density at radius 2 is 1.83 bits per heavy atom. The van der Waals surface area contributed by atoms with Crippen LogP contribution >= 0.6 is 15.9 Å². The second-order valence-corrected chi connectivity index (χ2v) is 5.15. The summed E-state index contributed by atoms with van der Waals surface area (Å²) in [5.41, 5.74) is 4.28. The Kier molecular flexibility index (Phi) is 4.09. The van der Waals surface area contributed by atoms with Gasteiger partial charge in [0.25, 0.3) is 0 Å². The van der Waals surface area contributed by atoms with Gasteiger partial charge in [-0.25, -0.2) is 9.97 Å². The third-order valence-electron chi connectivity index (χ3n) is 2.86. The summed E-state index contributed by atoms with van der Waals surface area (Å²) >= 11 is 3.47. The van der Waals surface area contributed by atoms with E-state index in [0.717, 1.165) is 33.8 Å². The van der Waals surface area contributed by atoms with Gasteiger partial charge in [0, 0.05) is 33.5 Å². The largest absolute Gasteiger partial charge is 0.316 e. The van der Waals surface area contributed by atoms with Gasteiger partial charge in [-0.15, -0.1) is 0 Å². The van der Waals surface area contributed by atoms with Gasteiger partial charge >= 0.3 is 0 Å². The molecule has 0 unspecified atom stereocenters. The summed E-state index contributed by atoms with van der Waals surface area (Å²) in [7, 11) is 1.93. The summed E-state index contributed by atoms with van der Waals surface area (Å²) in [6.45, 7) is 4.86. The molecule has 0 aliphatic carbocycles. The van der Waals surface area contributed by atoms with E-state index < -0.39 is 0 Å². The van der Waals surface area contributed by atoms with Crippen LogP contribution in [0.4, 0.5) is 0 Å². The van der Waals surface area contributed by atoms with Crippen molar-refractivity contribution in [1.29, 1.82) is 0 Å². The Hall–Kier alpha value is -1.26. The van der Waals surface area contributed by atoms with E-state index in [2.05, 4.69) is 31.2 Å². The van der Waals surface area contributed by atoms with Gasteiger partial charge in [-0.3, -0.25) is 0 Å². The minimum Gasteiger partial charge on any atom is -0.316 e. The maximum absolute atomic E-state index is 4.59. The molecule has 1 aromatic carbocycles. The molecule has 18 heavy (non-hydrogen) atoms. The van der Waals surface area contributed by atoms with Gasteiger partial charge < -0.3 is 5.32 Å². The molecule has 0 bridgehead atoms.